The Balaban J connectivity index is 2.40. The molecule has 0 aliphatic carbocycles. The fraction of sp³-hybridized carbons (Fsp3) is 0.471. The maximum absolute atomic E-state index is 12.7. The highest BCUT2D eigenvalue weighted by Gasteiger charge is 2.22. The molecule has 1 aromatic carbocycles. The van der Waals surface area contributed by atoms with Gasteiger partial charge in [-0.25, -0.2) is 4.98 Å². The summed E-state index contributed by atoms with van der Waals surface area (Å²) in [5.41, 5.74) is 0.150. The van der Waals surface area contributed by atoms with E-state index < -0.39 is 5.41 Å². The molecule has 5 nitrogen and oxygen atoms in total. The monoisotopic (exact) mass is 334 g/mol. The minimum absolute atomic E-state index is 0.0987. The number of para-hydroxylation sites is 1. The van der Waals surface area contributed by atoms with Gasteiger partial charge in [-0.3, -0.25) is 14.2 Å². The third-order valence-corrected chi connectivity index (χ3v) is 4.49. The first-order valence-corrected chi connectivity index (χ1v) is 8.48. The molecule has 0 unspecified atom stereocenters. The van der Waals surface area contributed by atoms with Gasteiger partial charge in [0.25, 0.3) is 5.56 Å². The molecule has 0 amide bonds. The number of methoxy groups -OCH3 is 1. The molecular weight excluding hydrogens is 312 g/mol. The summed E-state index contributed by atoms with van der Waals surface area (Å²) in [6.45, 7) is 6.51. The average molecular weight is 334 g/mol. The molecule has 6 heteroatoms. The Bertz CT molecular complexity index is 763. The molecule has 0 N–H and O–H groups in total. The summed E-state index contributed by atoms with van der Waals surface area (Å²) >= 11 is 1.31. The van der Waals surface area contributed by atoms with Crippen LogP contribution in [-0.4, -0.2) is 34.8 Å². The molecule has 0 bridgehead atoms. The van der Waals surface area contributed by atoms with Crippen molar-refractivity contribution < 1.29 is 9.53 Å². The fourth-order valence-corrected chi connectivity index (χ4v) is 3.17. The van der Waals surface area contributed by atoms with E-state index in [1.54, 1.807) is 17.7 Å². The van der Waals surface area contributed by atoms with Crippen molar-refractivity contribution in [2.24, 2.45) is 5.41 Å². The van der Waals surface area contributed by atoms with E-state index in [-0.39, 0.29) is 11.3 Å². The number of carbonyl (C=O) groups is 1. The van der Waals surface area contributed by atoms with Gasteiger partial charge in [-0.1, -0.05) is 44.7 Å². The molecular formula is C17H22N2O3S. The topological polar surface area (TPSA) is 61.2 Å². The van der Waals surface area contributed by atoms with Gasteiger partial charge in [0.05, 0.1) is 29.8 Å². The number of aromatic nitrogens is 2. The van der Waals surface area contributed by atoms with Crippen molar-refractivity contribution in [2.45, 2.75) is 32.5 Å². The van der Waals surface area contributed by atoms with Crippen molar-refractivity contribution in [3.63, 3.8) is 0 Å². The van der Waals surface area contributed by atoms with Crippen LogP contribution in [0.1, 0.15) is 20.8 Å². The number of Topliss-reactive ketones (excluding diaryl/α,β-unsaturated/α-hetero) is 1. The van der Waals surface area contributed by atoms with Gasteiger partial charge in [-0.05, 0) is 12.1 Å². The van der Waals surface area contributed by atoms with Crippen molar-refractivity contribution >= 4 is 28.4 Å². The lowest BCUT2D eigenvalue weighted by Crippen LogP contribution is -2.27. The smallest absolute Gasteiger partial charge is 0.262 e. The number of nitrogens with zero attached hydrogens (tertiary/aromatic N) is 2. The van der Waals surface area contributed by atoms with E-state index in [0.29, 0.717) is 35.0 Å². The number of thioether (sulfide) groups is 1. The van der Waals surface area contributed by atoms with Gasteiger partial charge in [0.1, 0.15) is 5.78 Å². The first kappa shape index (κ1) is 17.7. The highest BCUT2D eigenvalue weighted by atomic mass is 32.2. The standard InChI is InChI=1S/C17H22N2O3S/c1-17(2,3)14(20)11-23-16-18-13-8-6-5-7-12(13)15(21)19(16)9-10-22-4/h5-8H,9-11H2,1-4H3. The van der Waals surface area contributed by atoms with Gasteiger partial charge in [0, 0.05) is 12.5 Å². The fourth-order valence-electron chi connectivity index (χ4n) is 1.98. The minimum atomic E-state index is -0.401. The van der Waals surface area contributed by atoms with Crippen molar-refractivity contribution in [1.82, 2.24) is 9.55 Å². The zero-order valence-corrected chi connectivity index (χ0v) is 14.8. The van der Waals surface area contributed by atoms with Gasteiger partial charge >= 0.3 is 0 Å². The molecule has 23 heavy (non-hydrogen) atoms. The van der Waals surface area contributed by atoms with Gasteiger partial charge in [-0.15, -0.1) is 0 Å². The molecule has 0 aliphatic rings. The average Bonchev–Trinajstić information content (AvgIpc) is 2.51. The molecule has 0 atom stereocenters. The lowest BCUT2D eigenvalue weighted by Gasteiger charge is -2.17. The molecule has 0 spiro atoms. The zero-order valence-electron chi connectivity index (χ0n) is 14.0. The summed E-state index contributed by atoms with van der Waals surface area (Å²) in [7, 11) is 1.59. The van der Waals surface area contributed by atoms with Gasteiger partial charge in [-0.2, -0.15) is 0 Å². The van der Waals surface area contributed by atoms with Crippen LogP contribution >= 0.6 is 11.8 Å². The number of fused-ring (bicyclic) bond motifs is 1. The SMILES string of the molecule is COCCn1c(SCC(=O)C(C)(C)C)nc2ccccc2c1=O. The second-order valence-electron chi connectivity index (χ2n) is 6.32. The van der Waals surface area contributed by atoms with Crippen molar-refractivity contribution in [2.75, 3.05) is 19.5 Å². The molecule has 0 radical (unpaired) electrons. The number of ether oxygens (including phenoxy) is 1. The summed E-state index contributed by atoms with van der Waals surface area (Å²) in [6.07, 6.45) is 0. The summed E-state index contributed by atoms with van der Waals surface area (Å²) in [5.74, 6) is 0.421. The van der Waals surface area contributed by atoms with Crippen molar-refractivity contribution in [3.05, 3.63) is 34.6 Å². The van der Waals surface area contributed by atoms with Gasteiger partial charge in [0.2, 0.25) is 0 Å². The van der Waals surface area contributed by atoms with Crippen LogP contribution in [0, 0.1) is 5.41 Å². The normalized spacial score (nSPS) is 11.8. The predicted octanol–water partition coefficient (Wildman–Crippen LogP) is 2.75. The highest BCUT2D eigenvalue weighted by molar-refractivity contribution is 7.99. The van der Waals surface area contributed by atoms with Crippen LogP contribution in [0.2, 0.25) is 0 Å². The number of carbonyl (C=O) groups excluding carboxylic acids is 1. The Morgan fingerprint density at radius 1 is 1.30 bits per heavy atom. The number of ketones is 1. The van der Waals surface area contributed by atoms with Crippen LogP contribution in [0.4, 0.5) is 0 Å². The molecule has 1 heterocycles. The van der Waals surface area contributed by atoms with Crippen LogP contribution in [0.5, 0.6) is 0 Å². The van der Waals surface area contributed by atoms with E-state index in [2.05, 4.69) is 4.98 Å². The lowest BCUT2D eigenvalue weighted by atomic mass is 9.92. The van der Waals surface area contributed by atoms with Crippen LogP contribution in [0.25, 0.3) is 10.9 Å². The quantitative estimate of drug-likeness (QED) is 0.600. The molecule has 0 fully saturated rings. The Labute approximate surface area is 140 Å². The first-order valence-electron chi connectivity index (χ1n) is 7.49. The summed E-state index contributed by atoms with van der Waals surface area (Å²) in [5, 5.41) is 1.14. The van der Waals surface area contributed by atoms with E-state index in [0.717, 1.165) is 0 Å². The number of benzene rings is 1. The van der Waals surface area contributed by atoms with Crippen LogP contribution < -0.4 is 5.56 Å². The third kappa shape index (κ3) is 4.20. The zero-order chi connectivity index (χ0) is 17.0. The minimum Gasteiger partial charge on any atom is -0.383 e. The number of hydrogen-bond donors (Lipinski definition) is 0. The van der Waals surface area contributed by atoms with Crippen LogP contribution in [-0.2, 0) is 16.1 Å². The second-order valence-corrected chi connectivity index (χ2v) is 7.27. The molecule has 124 valence electrons. The third-order valence-electron chi connectivity index (χ3n) is 3.51. The highest BCUT2D eigenvalue weighted by Crippen LogP contribution is 2.23. The summed E-state index contributed by atoms with van der Waals surface area (Å²) in [4.78, 5) is 29.4. The lowest BCUT2D eigenvalue weighted by molar-refractivity contribution is -0.123. The number of hydrogen-bond acceptors (Lipinski definition) is 5. The van der Waals surface area contributed by atoms with Crippen LogP contribution in [0.3, 0.4) is 0 Å². The molecule has 2 rings (SSSR count). The summed E-state index contributed by atoms with van der Waals surface area (Å²) < 4.78 is 6.67. The maximum atomic E-state index is 12.7. The van der Waals surface area contributed by atoms with Crippen molar-refractivity contribution in [3.8, 4) is 0 Å². The molecule has 2 aromatic rings. The van der Waals surface area contributed by atoms with Crippen LogP contribution in [0.15, 0.2) is 34.2 Å². The summed E-state index contributed by atoms with van der Waals surface area (Å²) in [6, 6.07) is 7.25. The Hall–Kier alpha value is -1.66. The van der Waals surface area contributed by atoms with E-state index in [1.165, 1.54) is 11.8 Å². The van der Waals surface area contributed by atoms with Crippen molar-refractivity contribution in [1.29, 1.82) is 0 Å². The Kier molecular flexibility index (Phi) is 5.59. The molecule has 1 aromatic heterocycles. The predicted molar refractivity (Wildman–Crippen MR) is 93.1 cm³/mol. The Morgan fingerprint density at radius 3 is 2.65 bits per heavy atom. The molecule has 0 aliphatic heterocycles. The van der Waals surface area contributed by atoms with E-state index in [9.17, 15) is 9.59 Å². The largest absolute Gasteiger partial charge is 0.383 e. The molecule has 0 saturated heterocycles. The van der Waals surface area contributed by atoms with E-state index in [1.807, 2.05) is 39.0 Å². The maximum Gasteiger partial charge on any atom is 0.262 e. The second kappa shape index (κ2) is 7.27. The van der Waals surface area contributed by atoms with E-state index >= 15 is 0 Å². The first-order chi connectivity index (χ1) is 10.8. The van der Waals surface area contributed by atoms with E-state index in [4.69, 9.17) is 4.74 Å². The van der Waals surface area contributed by atoms with Gasteiger partial charge < -0.3 is 4.74 Å². The Morgan fingerprint density at radius 2 is 2.00 bits per heavy atom. The molecule has 0 saturated carbocycles. The van der Waals surface area contributed by atoms with Gasteiger partial charge in [0.15, 0.2) is 5.16 Å². The number of rotatable bonds is 6.